The van der Waals surface area contributed by atoms with Gasteiger partial charge in [0.1, 0.15) is 11.5 Å². The van der Waals surface area contributed by atoms with Crippen molar-refractivity contribution in [2.75, 3.05) is 6.61 Å². The quantitative estimate of drug-likeness (QED) is 0.623. The number of nitrogens with zero attached hydrogens (tertiary/aromatic N) is 2. The van der Waals surface area contributed by atoms with Crippen LogP contribution in [0, 0.1) is 0 Å². The number of rotatable bonds is 4. The van der Waals surface area contributed by atoms with Gasteiger partial charge in [0, 0.05) is 17.5 Å². The van der Waals surface area contributed by atoms with Crippen molar-refractivity contribution in [3.63, 3.8) is 0 Å². The van der Waals surface area contributed by atoms with E-state index in [1.54, 1.807) is 0 Å². The van der Waals surface area contributed by atoms with Crippen molar-refractivity contribution in [2.45, 2.75) is 25.6 Å². The fourth-order valence-electron chi connectivity index (χ4n) is 3.96. The molecule has 0 unspecified atom stereocenters. The molecule has 0 saturated carbocycles. The molecule has 0 aliphatic carbocycles. The molecule has 2 heterocycles. The molecule has 2 aliphatic heterocycles. The molecule has 4 nitrogen and oxygen atoms in total. The Labute approximate surface area is 165 Å². The first kappa shape index (κ1) is 16.9. The van der Waals surface area contributed by atoms with Crippen LogP contribution in [0.1, 0.15) is 42.3 Å². The third-order valence-corrected chi connectivity index (χ3v) is 5.28. The highest BCUT2D eigenvalue weighted by molar-refractivity contribution is 6.02. The standard InChI is InChI=1S/C24H22N2O2/c1-2-27-19-14-12-17(13-15-19)21-16-22-20-10-6-7-11-23(20)28-24(26(22)25-21)18-8-4-3-5-9-18/h3-15,22,24H,2,16H2,1H3/t22-,24-/m0/s1. The average molecular weight is 370 g/mol. The van der Waals surface area contributed by atoms with Gasteiger partial charge in [-0.15, -0.1) is 0 Å². The lowest BCUT2D eigenvalue weighted by atomic mass is 9.96. The number of hydrogen-bond donors (Lipinski definition) is 0. The summed E-state index contributed by atoms with van der Waals surface area (Å²) in [6.07, 6.45) is 0.638. The van der Waals surface area contributed by atoms with Gasteiger partial charge in [-0.05, 0) is 42.8 Å². The summed E-state index contributed by atoms with van der Waals surface area (Å²) in [6, 6.07) is 27.0. The van der Waals surface area contributed by atoms with Crippen LogP contribution in [0.2, 0.25) is 0 Å². The largest absolute Gasteiger partial charge is 0.494 e. The Morgan fingerprint density at radius 2 is 1.71 bits per heavy atom. The van der Waals surface area contributed by atoms with Gasteiger partial charge >= 0.3 is 0 Å². The molecule has 2 aliphatic rings. The first-order valence-corrected chi connectivity index (χ1v) is 9.73. The maximum absolute atomic E-state index is 6.37. The van der Waals surface area contributed by atoms with Gasteiger partial charge in [0.05, 0.1) is 18.4 Å². The minimum Gasteiger partial charge on any atom is -0.494 e. The van der Waals surface area contributed by atoms with Crippen LogP contribution in [0.25, 0.3) is 0 Å². The molecular formula is C24H22N2O2. The van der Waals surface area contributed by atoms with E-state index in [4.69, 9.17) is 14.6 Å². The maximum Gasteiger partial charge on any atom is 0.213 e. The minimum absolute atomic E-state index is 0.178. The first-order chi connectivity index (χ1) is 13.8. The Hall–Kier alpha value is -3.27. The number of hydrazone groups is 1. The van der Waals surface area contributed by atoms with Crippen molar-refractivity contribution in [3.8, 4) is 11.5 Å². The van der Waals surface area contributed by atoms with E-state index >= 15 is 0 Å². The Kier molecular flexibility index (Phi) is 4.24. The molecule has 0 fully saturated rings. The lowest BCUT2D eigenvalue weighted by Crippen LogP contribution is -2.33. The van der Waals surface area contributed by atoms with Gasteiger partial charge in [-0.25, -0.2) is 5.01 Å². The second-order valence-corrected chi connectivity index (χ2v) is 7.02. The summed E-state index contributed by atoms with van der Waals surface area (Å²) < 4.78 is 11.9. The predicted octanol–water partition coefficient (Wildman–Crippen LogP) is 5.33. The summed E-state index contributed by atoms with van der Waals surface area (Å²) in [7, 11) is 0. The molecule has 0 saturated heterocycles. The zero-order valence-electron chi connectivity index (χ0n) is 15.8. The highest BCUT2D eigenvalue weighted by atomic mass is 16.5. The van der Waals surface area contributed by atoms with Crippen LogP contribution >= 0.6 is 0 Å². The van der Waals surface area contributed by atoms with Crippen molar-refractivity contribution in [3.05, 3.63) is 95.6 Å². The predicted molar refractivity (Wildman–Crippen MR) is 110 cm³/mol. The highest BCUT2D eigenvalue weighted by Crippen LogP contribution is 2.47. The fourth-order valence-corrected chi connectivity index (χ4v) is 3.96. The van der Waals surface area contributed by atoms with Gasteiger partial charge in [-0.3, -0.25) is 0 Å². The average Bonchev–Trinajstić information content (AvgIpc) is 3.20. The maximum atomic E-state index is 6.37. The van der Waals surface area contributed by atoms with E-state index < -0.39 is 0 Å². The van der Waals surface area contributed by atoms with Crippen LogP contribution in [0.5, 0.6) is 11.5 Å². The second-order valence-electron chi connectivity index (χ2n) is 7.02. The summed E-state index contributed by atoms with van der Waals surface area (Å²) in [5, 5.41) is 7.11. The summed E-state index contributed by atoms with van der Waals surface area (Å²) in [5.74, 6) is 1.83. The van der Waals surface area contributed by atoms with Crippen LogP contribution in [-0.4, -0.2) is 17.3 Å². The van der Waals surface area contributed by atoms with E-state index in [2.05, 4.69) is 47.5 Å². The first-order valence-electron chi connectivity index (χ1n) is 9.73. The van der Waals surface area contributed by atoms with E-state index in [9.17, 15) is 0 Å². The van der Waals surface area contributed by atoms with Gasteiger partial charge in [0.25, 0.3) is 0 Å². The molecule has 2 atom stereocenters. The van der Waals surface area contributed by atoms with Crippen molar-refractivity contribution in [2.24, 2.45) is 5.10 Å². The lowest BCUT2D eigenvalue weighted by Gasteiger charge is -2.38. The van der Waals surface area contributed by atoms with Crippen LogP contribution in [0.15, 0.2) is 84.0 Å². The fraction of sp³-hybridized carbons (Fsp3) is 0.208. The number of hydrogen-bond acceptors (Lipinski definition) is 4. The Morgan fingerprint density at radius 1 is 0.964 bits per heavy atom. The van der Waals surface area contributed by atoms with Crippen molar-refractivity contribution >= 4 is 5.71 Å². The number of ether oxygens (including phenoxy) is 2. The van der Waals surface area contributed by atoms with Gasteiger partial charge in [-0.1, -0.05) is 48.5 Å². The Balaban J connectivity index is 1.53. The highest BCUT2D eigenvalue weighted by Gasteiger charge is 2.40. The van der Waals surface area contributed by atoms with E-state index in [0.29, 0.717) is 6.61 Å². The molecule has 0 N–H and O–H groups in total. The number of benzene rings is 3. The third kappa shape index (κ3) is 2.91. The monoisotopic (exact) mass is 370 g/mol. The summed E-state index contributed by atoms with van der Waals surface area (Å²) >= 11 is 0. The number of fused-ring (bicyclic) bond motifs is 3. The van der Waals surface area contributed by atoms with Crippen molar-refractivity contribution < 1.29 is 9.47 Å². The van der Waals surface area contributed by atoms with Crippen LogP contribution in [0.4, 0.5) is 0 Å². The van der Waals surface area contributed by atoms with Crippen molar-refractivity contribution in [1.29, 1.82) is 0 Å². The normalized spacial score (nSPS) is 20.0. The zero-order valence-corrected chi connectivity index (χ0v) is 15.8. The molecular weight excluding hydrogens is 348 g/mol. The van der Waals surface area contributed by atoms with Gasteiger partial charge < -0.3 is 9.47 Å². The summed E-state index contributed by atoms with van der Waals surface area (Å²) in [6.45, 7) is 2.66. The lowest BCUT2D eigenvalue weighted by molar-refractivity contribution is -0.0190. The van der Waals surface area contributed by atoms with Crippen molar-refractivity contribution in [1.82, 2.24) is 5.01 Å². The SMILES string of the molecule is CCOc1ccc(C2=NN3[C@@H](C2)c2ccccc2O[C@H]3c2ccccc2)cc1. The molecule has 0 aromatic heterocycles. The van der Waals surface area contributed by atoms with Crippen LogP contribution < -0.4 is 9.47 Å². The second kappa shape index (κ2) is 7.04. The molecule has 140 valence electrons. The molecule has 5 rings (SSSR count). The molecule has 4 heteroatoms. The Bertz CT molecular complexity index is 999. The molecule has 0 spiro atoms. The number of para-hydroxylation sites is 1. The third-order valence-electron chi connectivity index (χ3n) is 5.28. The molecule has 0 amide bonds. The van der Waals surface area contributed by atoms with E-state index in [1.807, 2.05) is 43.3 Å². The van der Waals surface area contributed by atoms with Crippen LogP contribution in [0.3, 0.4) is 0 Å². The summed E-state index contributed by atoms with van der Waals surface area (Å²) in [5.41, 5.74) is 4.51. The van der Waals surface area contributed by atoms with Gasteiger partial charge in [-0.2, -0.15) is 5.10 Å². The topological polar surface area (TPSA) is 34.1 Å². The van der Waals surface area contributed by atoms with E-state index in [-0.39, 0.29) is 12.3 Å². The van der Waals surface area contributed by atoms with Gasteiger partial charge in [0.2, 0.25) is 6.23 Å². The van der Waals surface area contributed by atoms with E-state index in [0.717, 1.165) is 34.8 Å². The summed E-state index contributed by atoms with van der Waals surface area (Å²) in [4.78, 5) is 0. The van der Waals surface area contributed by atoms with E-state index in [1.165, 1.54) is 5.56 Å². The smallest absolute Gasteiger partial charge is 0.213 e. The van der Waals surface area contributed by atoms with Crippen LogP contribution in [-0.2, 0) is 0 Å². The zero-order chi connectivity index (χ0) is 18.9. The molecule has 3 aromatic rings. The Morgan fingerprint density at radius 3 is 2.50 bits per heavy atom. The minimum atomic E-state index is -0.221. The molecule has 0 bridgehead atoms. The molecule has 0 radical (unpaired) electrons. The molecule has 3 aromatic carbocycles. The molecule has 28 heavy (non-hydrogen) atoms. The van der Waals surface area contributed by atoms with Gasteiger partial charge in [0.15, 0.2) is 0 Å².